The standard InChI is InChI=1S/C15H29N.C2H6/c1-4-15(11-16)9-13(14(2,3)10-15)12-7-5-6-8-12;1-2/h12-13H,4-11,16H2,1-3H3;1-2H3. The molecule has 0 saturated heterocycles. The first-order valence-electron chi connectivity index (χ1n) is 8.23. The monoisotopic (exact) mass is 253 g/mol. The fraction of sp³-hybridized carbons (Fsp3) is 1.00. The molecule has 0 aromatic rings. The van der Waals surface area contributed by atoms with Gasteiger partial charge < -0.3 is 5.73 Å². The van der Waals surface area contributed by atoms with Gasteiger partial charge in [0, 0.05) is 0 Å². The van der Waals surface area contributed by atoms with Gasteiger partial charge in [0.2, 0.25) is 0 Å². The van der Waals surface area contributed by atoms with Crippen LogP contribution in [0.2, 0.25) is 0 Å². The summed E-state index contributed by atoms with van der Waals surface area (Å²) in [6.07, 6.45) is 9.94. The first kappa shape index (κ1) is 16.0. The molecule has 0 radical (unpaired) electrons. The Kier molecular flexibility index (Phi) is 5.70. The molecular formula is C17H35N. The minimum atomic E-state index is 0.469. The van der Waals surface area contributed by atoms with Crippen LogP contribution in [0.15, 0.2) is 0 Å². The molecule has 2 unspecified atom stereocenters. The van der Waals surface area contributed by atoms with Crippen LogP contribution >= 0.6 is 0 Å². The Hall–Kier alpha value is -0.0400. The van der Waals surface area contributed by atoms with Crippen molar-refractivity contribution in [3.05, 3.63) is 0 Å². The highest BCUT2D eigenvalue weighted by molar-refractivity contribution is 5.01. The van der Waals surface area contributed by atoms with Crippen LogP contribution in [0.25, 0.3) is 0 Å². The molecule has 0 heterocycles. The van der Waals surface area contributed by atoms with Gasteiger partial charge in [0.1, 0.15) is 0 Å². The van der Waals surface area contributed by atoms with Gasteiger partial charge >= 0.3 is 0 Å². The van der Waals surface area contributed by atoms with E-state index in [-0.39, 0.29) is 0 Å². The largest absolute Gasteiger partial charge is 0.330 e. The Morgan fingerprint density at radius 3 is 2.06 bits per heavy atom. The first-order chi connectivity index (χ1) is 8.53. The highest BCUT2D eigenvalue weighted by Gasteiger charge is 2.50. The van der Waals surface area contributed by atoms with Gasteiger partial charge in [-0.25, -0.2) is 0 Å². The summed E-state index contributed by atoms with van der Waals surface area (Å²) >= 11 is 0. The maximum absolute atomic E-state index is 6.06. The van der Waals surface area contributed by atoms with Gasteiger partial charge in [-0.1, -0.05) is 60.3 Å². The number of hydrogen-bond donors (Lipinski definition) is 1. The van der Waals surface area contributed by atoms with Crippen LogP contribution in [0.1, 0.15) is 79.6 Å². The van der Waals surface area contributed by atoms with Crippen molar-refractivity contribution >= 4 is 0 Å². The minimum absolute atomic E-state index is 0.469. The third-order valence-electron chi connectivity index (χ3n) is 5.64. The van der Waals surface area contributed by atoms with Crippen molar-refractivity contribution in [3.8, 4) is 0 Å². The lowest BCUT2D eigenvalue weighted by molar-refractivity contribution is 0.179. The molecule has 0 bridgehead atoms. The fourth-order valence-corrected chi connectivity index (χ4v) is 4.65. The molecule has 2 aliphatic rings. The van der Waals surface area contributed by atoms with E-state index in [0.29, 0.717) is 10.8 Å². The van der Waals surface area contributed by atoms with E-state index in [2.05, 4.69) is 20.8 Å². The quantitative estimate of drug-likeness (QED) is 0.753. The molecule has 2 saturated carbocycles. The zero-order valence-corrected chi connectivity index (χ0v) is 13.4. The maximum Gasteiger partial charge on any atom is -0.00203 e. The van der Waals surface area contributed by atoms with Crippen LogP contribution in [0.4, 0.5) is 0 Å². The van der Waals surface area contributed by atoms with Crippen molar-refractivity contribution in [2.24, 2.45) is 28.4 Å². The van der Waals surface area contributed by atoms with Gasteiger partial charge in [-0.2, -0.15) is 0 Å². The summed E-state index contributed by atoms with van der Waals surface area (Å²) in [7, 11) is 0. The van der Waals surface area contributed by atoms with Gasteiger partial charge in [0.15, 0.2) is 0 Å². The predicted octanol–water partition coefficient (Wildman–Crippen LogP) is 4.99. The lowest BCUT2D eigenvalue weighted by atomic mass is 9.74. The molecule has 2 rings (SSSR count). The van der Waals surface area contributed by atoms with Gasteiger partial charge in [0.05, 0.1) is 0 Å². The van der Waals surface area contributed by atoms with E-state index >= 15 is 0 Å². The van der Waals surface area contributed by atoms with Crippen LogP contribution in [0.5, 0.6) is 0 Å². The molecule has 2 atom stereocenters. The summed E-state index contributed by atoms with van der Waals surface area (Å²) in [6, 6.07) is 0. The summed E-state index contributed by atoms with van der Waals surface area (Å²) in [5.41, 5.74) is 7.06. The second-order valence-electron chi connectivity index (χ2n) is 7.08. The molecule has 2 N–H and O–H groups in total. The molecule has 1 heteroatoms. The molecule has 0 amide bonds. The second kappa shape index (κ2) is 6.41. The summed E-state index contributed by atoms with van der Waals surface area (Å²) in [6.45, 7) is 12.2. The summed E-state index contributed by atoms with van der Waals surface area (Å²) in [5.74, 6) is 1.95. The molecule has 1 nitrogen and oxygen atoms in total. The third kappa shape index (κ3) is 3.10. The van der Waals surface area contributed by atoms with Crippen molar-refractivity contribution in [3.63, 3.8) is 0 Å². The SMILES string of the molecule is CC.CCC1(CN)CC(C2CCCC2)C(C)(C)C1. The van der Waals surface area contributed by atoms with Gasteiger partial charge in [-0.3, -0.25) is 0 Å². The molecule has 0 aliphatic heterocycles. The van der Waals surface area contributed by atoms with E-state index in [9.17, 15) is 0 Å². The van der Waals surface area contributed by atoms with Crippen LogP contribution < -0.4 is 5.73 Å². The van der Waals surface area contributed by atoms with Gasteiger partial charge in [0.25, 0.3) is 0 Å². The van der Waals surface area contributed by atoms with Crippen LogP contribution in [-0.2, 0) is 0 Å². The number of nitrogens with two attached hydrogens (primary N) is 1. The van der Waals surface area contributed by atoms with E-state index < -0.39 is 0 Å². The Morgan fingerprint density at radius 2 is 1.67 bits per heavy atom. The van der Waals surface area contributed by atoms with Crippen LogP contribution in [0.3, 0.4) is 0 Å². The molecule has 0 spiro atoms. The molecule has 2 fully saturated rings. The summed E-state index contributed by atoms with van der Waals surface area (Å²) in [5, 5.41) is 0. The minimum Gasteiger partial charge on any atom is -0.330 e. The zero-order valence-electron chi connectivity index (χ0n) is 13.4. The number of hydrogen-bond acceptors (Lipinski definition) is 1. The smallest absolute Gasteiger partial charge is 0.00203 e. The highest BCUT2D eigenvalue weighted by atomic mass is 14.7. The average Bonchev–Trinajstić information content (AvgIpc) is 2.97. The lowest BCUT2D eigenvalue weighted by Crippen LogP contribution is -2.27. The van der Waals surface area contributed by atoms with Crippen molar-refractivity contribution < 1.29 is 0 Å². The Morgan fingerprint density at radius 1 is 1.11 bits per heavy atom. The van der Waals surface area contributed by atoms with Crippen molar-refractivity contribution in [1.82, 2.24) is 0 Å². The van der Waals surface area contributed by atoms with E-state index in [1.54, 1.807) is 0 Å². The zero-order chi connectivity index (χ0) is 13.8. The van der Waals surface area contributed by atoms with E-state index in [1.165, 1.54) is 44.9 Å². The summed E-state index contributed by atoms with van der Waals surface area (Å²) < 4.78 is 0. The van der Waals surface area contributed by atoms with Crippen molar-refractivity contribution in [1.29, 1.82) is 0 Å². The Bertz CT molecular complexity index is 234. The van der Waals surface area contributed by atoms with E-state index in [4.69, 9.17) is 5.73 Å². The predicted molar refractivity (Wildman–Crippen MR) is 81.6 cm³/mol. The molecule has 108 valence electrons. The Labute approximate surface area is 115 Å². The van der Waals surface area contributed by atoms with Crippen LogP contribution in [0, 0.1) is 22.7 Å². The lowest BCUT2D eigenvalue weighted by Gasteiger charge is -2.31. The van der Waals surface area contributed by atoms with E-state index in [1.807, 2.05) is 13.8 Å². The second-order valence-corrected chi connectivity index (χ2v) is 7.08. The van der Waals surface area contributed by atoms with Crippen molar-refractivity contribution in [2.45, 2.75) is 79.6 Å². The topological polar surface area (TPSA) is 26.0 Å². The van der Waals surface area contributed by atoms with Crippen molar-refractivity contribution in [2.75, 3.05) is 6.54 Å². The van der Waals surface area contributed by atoms with Crippen LogP contribution in [-0.4, -0.2) is 6.54 Å². The summed E-state index contributed by atoms with van der Waals surface area (Å²) in [4.78, 5) is 0. The molecule has 0 aromatic carbocycles. The normalized spacial score (nSPS) is 35.3. The molecular weight excluding hydrogens is 218 g/mol. The highest BCUT2D eigenvalue weighted by Crippen LogP contribution is 2.58. The molecule has 0 aromatic heterocycles. The average molecular weight is 253 g/mol. The Balaban J connectivity index is 0.000000771. The first-order valence-corrected chi connectivity index (χ1v) is 8.23. The number of rotatable bonds is 3. The van der Waals surface area contributed by atoms with Gasteiger partial charge in [-0.15, -0.1) is 0 Å². The van der Waals surface area contributed by atoms with Gasteiger partial charge in [-0.05, 0) is 48.5 Å². The maximum atomic E-state index is 6.06. The third-order valence-corrected chi connectivity index (χ3v) is 5.64. The van der Waals surface area contributed by atoms with E-state index in [0.717, 1.165) is 18.4 Å². The molecule has 18 heavy (non-hydrogen) atoms. The molecule has 2 aliphatic carbocycles. The fourth-order valence-electron chi connectivity index (χ4n) is 4.65.